The molecule has 1 saturated heterocycles. The normalized spacial score (nSPS) is 23.1. The fourth-order valence-electron chi connectivity index (χ4n) is 2.35. The molecule has 0 aromatic heterocycles. The quantitative estimate of drug-likeness (QED) is 0.896. The molecule has 2 rings (SSSR count). The van der Waals surface area contributed by atoms with Crippen LogP contribution in [0.15, 0.2) is 24.3 Å². The lowest BCUT2D eigenvalue weighted by Gasteiger charge is -2.19. The van der Waals surface area contributed by atoms with Gasteiger partial charge in [-0.1, -0.05) is 12.1 Å². The average Bonchev–Trinajstić information content (AvgIpc) is 2.68. The van der Waals surface area contributed by atoms with E-state index < -0.39 is 15.4 Å². The summed E-state index contributed by atoms with van der Waals surface area (Å²) in [6.07, 6.45) is 1.75. The first kappa shape index (κ1) is 15.0. The predicted octanol–water partition coefficient (Wildman–Crippen LogP) is 0.828. The number of amides is 1. The van der Waals surface area contributed by atoms with E-state index in [1.54, 1.807) is 36.1 Å². The number of sulfone groups is 1. The summed E-state index contributed by atoms with van der Waals surface area (Å²) in [5.41, 5.74) is 0.365. The maximum Gasteiger partial charge on any atom is 0.253 e. The van der Waals surface area contributed by atoms with Crippen LogP contribution in [0.4, 0.5) is 0 Å². The minimum atomic E-state index is -3.07. The number of likely N-dealkylation sites (tertiary alicyclic amines) is 1. The summed E-state index contributed by atoms with van der Waals surface area (Å²) in [4.78, 5) is 13.8. The molecule has 0 radical (unpaired) electrons. The number of hydrogen-bond donors (Lipinski definition) is 1. The Morgan fingerprint density at radius 2 is 1.95 bits per heavy atom. The first-order chi connectivity index (χ1) is 9.16. The fourth-order valence-corrected chi connectivity index (χ4v) is 3.15. The summed E-state index contributed by atoms with van der Waals surface area (Å²) in [6, 6.07) is 6.58. The molecule has 0 aliphatic carbocycles. The van der Waals surface area contributed by atoms with Gasteiger partial charge in [-0.2, -0.15) is 0 Å². The molecule has 0 bridgehead atoms. The van der Waals surface area contributed by atoms with Crippen molar-refractivity contribution >= 4 is 15.7 Å². The maximum absolute atomic E-state index is 12.2. The summed E-state index contributed by atoms with van der Waals surface area (Å²) >= 11 is 0. The largest absolute Gasteiger partial charge is 0.388 e. The van der Waals surface area contributed by atoms with Crippen LogP contribution in [-0.4, -0.2) is 49.3 Å². The Morgan fingerprint density at radius 3 is 2.40 bits per heavy atom. The van der Waals surface area contributed by atoms with Crippen LogP contribution in [0.1, 0.15) is 29.3 Å². The molecule has 1 heterocycles. The third kappa shape index (κ3) is 3.80. The summed E-state index contributed by atoms with van der Waals surface area (Å²) < 4.78 is 22.4. The van der Waals surface area contributed by atoms with Gasteiger partial charge in [0.1, 0.15) is 0 Å². The third-order valence-corrected chi connectivity index (χ3v) is 4.23. The van der Waals surface area contributed by atoms with Crippen molar-refractivity contribution < 1.29 is 18.3 Å². The molecule has 1 fully saturated rings. The Morgan fingerprint density at radius 1 is 1.35 bits per heavy atom. The Balaban J connectivity index is 2.09. The molecule has 5 nitrogen and oxygen atoms in total. The molecule has 1 N–H and O–H groups in total. The molecule has 1 amide bonds. The second kappa shape index (κ2) is 5.18. The molecule has 1 aromatic rings. The molecule has 110 valence electrons. The zero-order valence-corrected chi connectivity index (χ0v) is 12.5. The lowest BCUT2D eigenvalue weighted by Crippen LogP contribution is -2.33. The van der Waals surface area contributed by atoms with Crippen molar-refractivity contribution in [2.24, 2.45) is 0 Å². The van der Waals surface area contributed by atoms with Crippen LogP contribution in [0.2, 0.25) is 0 Å². The minimum Gasteiger partial charge on any atom is -0.388 e. The summed E-state index contributed by atoms with van der Waals surface area (Å²) in [7, 11) is -3.07. The maximum atomic E-state index is 12.2. The molecular formula is C14H19NO4S. The van der Waals surface area contributed by atoms with Crippen molar-refractivity contribution in [2.75, 3.05) is 19.3 Å². The topological polar surface area (TPSA) is 74.7 Å². The summed E-state index contributed by atoms with van der Waals surface area (Å²) in [6.45, 7) is 2.59. The first-order valence-electron chi connectivity index (χ1n) is 6.45. The van der Waals surface area contributed by atoms with E-state index in [4.69, 9.17) is 0 Å². The van der Waals surface area contributed by atoms with E-state index in [9.17, 15) is 18.3 Å². The first-order valence-corrected chi connectivity index (χ1v) is 8.51. The highest BCUT2D eigenvalue weighted by Gasteiger charge is 2.34. The molecule has 1 unspecified atom stereocenters. The van der Waals surface area contributed by atoms with Gasteiger partial charge in [0, 0.05) is 24.9 Å². The van der Waals surface area contributed by atoms with Crippen molar-refractivity contribution in [3.63, 3.8) is 0 Å². The van der Waals surface area contributed by atoms with Crippen LogP contribution in [-0.2, 0) is 15.6 Å². The molecule has 1 atom stereocenters. The molecule has 1 aromatic carbocycles. The molecule has 6 heteroatoms. The van der Waals surface area contributed by atoms with E-state index in [1.165, 1.54) is 6.26 Å². The van der Waals surface area contributed by atoms with Gasteiger partial charge in [-0.25, -0.2) is 8.42 Å². The van der Waals surface area contributed by atoms with Gasteiger partial charge in [0.15, 0.2) is 9.84 Å². The number of hydrogen-bond acceptors (Lipinski definition) is 4. The molecule has 1 aliphatic rings. The van der Waals surface area contributed by atoms with Crippen LogP contribution >= 0.6 is 0 Å². The number of carbonyl (C=O) groups excluding carboxylic acids is 1. The number of rotatable bonds is 3. The predicted molar refractivity (Wildman–Crippen MR) is 76.1 cm³/mol. The Hall–Kier alpha value is -1.40. The third-order valence-electron chi connectivity index (χ3n) is 3.37. The average molecular weight is 297 g/mol. The van der Waals surface area contributed by atoms with E-state index in [-0.39, 0.29) is 11.7 Å². The highest BCUT2D eigenvalue weighted by atomic mass is 32.2. The molecule has 20 heavy (non-hydrogen) atoms. The minimum absolute atomic E-state index is 0.0279. The smallest absolute Gasteiger partial charge is 0.253 e. The molecular weight excluding hydrogens is 278 g/mol. The summed E-state index contributed by atoms with van der Waals surface area (Å²) in [5.74, 6) is -0.159. The number of nitrogens with zero attached hydrogens (tertiary/aromatic N) is 1. The van der Waals surface area contributed by atoms with Gasteiger partial charge in [0.2, 0.25) is 0 Å². The van der Waals surface area contributed by atoms with E-state index >= 15 is 0 Å². The number of benzene rings is 1. The van der Waals surface area contributed by atoms with Crippen LogP contribution < -0.4 is 0 Å². The number of aliphatic hydroxyl groups is 1. The SMILES string of the molecule is CC1(O)CCN(C(=O)c2ccc(CS(C)(=O)=O)cc2)C1. The summed E-state index contributed by atoms with van der Waals surface area (Å²) in [5, 5.41) is 9.87. The van der Waals surface area contributed by atoms with E-state index in [0.29, 0.717) is 30.6 Å². The zero-order chi connectivity index (χ0) is 15.0. The molecule has 1 aliphatic heterocycles. The van der Waals surface area contributed by atoms with Crippen molar-refractivity contribution in [3.05, 3.63) is 35.4 Å². The van der Waals surface area contributed by atoms with Crippen molar-refractivity contribution in [2.45, 2.75) is 24.7 Å². The van der Waals surface area contributed by atoms with Gasteiger partial charge in [-0.15, -0.1) is 0 Å². The number of carbonyl (C=O) groups is 1. The lowest BCUT2D eigenvalue weighted by atomic mass is 10.1. The van der Waals surface area contributed by atoms with Gasteiger partial charge in [-0.05, 0) is 31.0 Å². The second-order valence-electron chi connectivity index (χ2n) is 5.74. The highest BCUT2D eigenvalue weighted by Crippen LogP contribution is 2.22. The van der Waals surface area contributed by atoms with Gasteiger partial charge in [0.25, 0.3) is 5.91 Å². The Bertz CT molecular complexity index is 605. The zero-order valence-electron chi connectivity index (χ0n) is 11.7. The molecule has 0 saturated carbocycles. The van der Waals surface area contributed by atoms with Crippen molar-refractivity contribution in [3.8, 4) is 0 Å². The monoisotopic (exact) mass is 297 g/mol. The molecule has 0 spiro atoms. The van der Waals surface area contributed by atoms with E-state index in [1.807, 2.05) is 0 Å². The van der Waals surface area contributed by atoms with E-state index in [0.717, 1.165) is 0 Å². The van der Waals surface area contributed by atoms with Crippen LogP contribution in [0.5, 0.6) is 0 Å². The fraction of sp³-hybridized carbons (Fsp3) is 0.500. The van der Waals surface area contributed by atoms with Gasteiger partial charge >= 0.3 is 0 Å². The van der Waals surface area contributed by atoms with Crippen LogP contribution in [0.25, 0.3) is 0 Å². The van der Waals surface area contributed by atoms with Crippen molar-refractivity contribution in [1.82, 2.24) is 4.90 Å². The van der Waals surface area contributed by atoms with Crippen molar-refractivity contribution in [1.29, 1.82) is 0 Å². The van der Waals surface area contributed by atoms with E-state index in [2.05, 4.69) is 0 Å². The Labute approximate surface area is 119 Å². The van der Waals surface area contributed by atoms with Crippen LogP contribution in [0, 0.1) is 0 Å². The highest BCUT2D eigenvalue weighted by molar-refractivity contribution is 7.89. The lowest BCUT2D eigenvalue weighted by molar-refractivity contribution is 0.0572. The Kier molecular flexibility index (Phi) is 3.88. The second-order valence-corrected chi connectivity index (χ2v) is 7.88. The van der Waals surface area contributed by atoms with Gasteiger partial charge in [-0.3, -0.25) is 4.79 Å². The number of β-amino-alcohol motifs (C(OH)–C–C–N with tert-alkyl or cyclic N) is 1. The van der Waals surface area contributed by atoms with Gasteiger partial charge in [0.05, 0.1) is 11.4 Å². The van der Waals surface area contributed by atoms with Crippen LogP contribution in [0.3, 0.4) is 0 Å². The standard InChI is InChI=1S/C14H19NO4S/c1-14(17)7-8-15(10-14)13(16)12-5-3-11(4-6-12)9-20(2,18)19/h3-6,17H,7-10H2,1-2H3. The van der Waals surface area contributed by atoms with Gasteiger partial charge < -0.3 is 10.0 Å².